The molecule has 4 rings (SSSR count). The molecule has 7 nitrogen and oxygen atoms in total. The first-order chi connectivity index (χ1) is 13.0. The Hall–Kier alpha value is -2.77. The van der Waals surface area contributed by atoms with Crippen LogP contribution in [0.1, 0.15) is 30.6 Å². The highest BCUT2D eigenvalue weighted by atomic mass is 16.3. The first-order valence-corrected chi connectivity index (χ1v) is 9.14. The van der Waals surface area contributed by atoms with Crippen LogP contribution in [-0.4, -0.2) is 49.4 Å². The van der Waals surface area contributed by atoms with Crippen LogP contribution in [0, 0.1) is 0 Å². The van der Waals surface area contributed by atoms with Gasteiger partial charge in [-0.1, -0.05) is 18.2 Å². The number of benzene rings is 2. The lowest BCUT2D eigenvalue weighted by Crippen LogP contribution is -2.39. The van der Waals surface area contributed by atoms with Gasteiger partial charge in [-0.3, -0.25) is 4.57 Å². The Labute approximate surface area is 156 Å². The van der Waals surface area contributed by atoms with Gasteiger partial charge >= 0.3 is 5.69 Å². The predicted octanol–water partition coefficient (Wildman–Crippen LogP) is 2.11. The number of hydrogen-bond donors (Lipinski definition) is 4. The van der Waals surface area contributed by atoms with Crippen LogP contribution in [-0.2, 0) is 0 Å². The Kier molecular flexibility index (Phi) is 4.63. The zero-order valence-corrected chi connectivity index (χ0v) is 14.9. The Balaban J connectivity index is 1.42. The summed E-state index contributed by atoms with van der Waals surface area (Å²) < 4.78 is 1.85. The molecular weight excluding hydrogens is 346 g/mol. The van der Waals surface area contributed by atoms with E-state index in [9.17, 15) is 20.1 Å². The second-order valence-electron chi connectivity index (χ2n) is 7.11. The number of imidazole rings is 1. The highest BCUT2D eigenvalue weighted by Crippen LogP contribution is 2.29. The molecule has 1 aliphatic rings. The third-order valence-corrected chi connectivity index (χ3v) is 5.36. The number of aliphatic hydroxyl groups is 1. The predicted molar refractivity (Wildman–Crippen MR) is 102 cm³/mol. The molecule has 3 aromatic rings. The average Bonchev–Trinajstić information content (AvgIpc) is 3.00. The SMILES string of the molecule is O=c1[nH]c2ccccc2n1C1CCN(CC(O)c2ccc(O)c(O)c2)CC1. The van der Waals surface area contributed by atoms with Crippen LogP contribution < -0.4 is 5.69 Å². The third-order valence-electron chi connectivity index (χ3n) is 5.36. The number of para-hydroxylation sites is 2. The maximum Gasteiger partial charge on any atom is 0.326 e. The standard InChI is InChI=1S/C20H23N3O4/c24-17-6-5-13(11-18(17)25)19(26)12-22-9-7-14(8-10-22)23-16-4-2-1-3-15(16)21-20(23)27/h1-6,11,14,19,24-26H,7-10,12H2,(H,21,27). The van der Waals surface area contributed by atoms with Crippen LogP contribution in [0.25, 0.3) is 11.0 Å². The summed E-state index contributed by atoms with van der Waals surface area (Å²) in [5, 5.41) is 29.4. The van der Waals surface area contributed by atoms with E-state index < -0.39 is 6.10 Å². The van der Waals surface area contributed by atoms with E-state index in [0.29, 0.717) is 12.1 Å². The van der Waals surface area contributed by atoms with E-state index in [0.717, 1.165) is 37.0 Å². The van der Waals surface area contributed by atoms with Gasteiger partial charge in [-0.2, -0.15) is 0 Å². The number of aliphatic hydroxyl groups excluding tert-OH is 1. The topological polar surface area (TPSA) is 102 Å². The molecule has 1 aromatic heterocycles. The number of phenols is 2. The summed E-state index contributed by atoms with van der Waals surface area (Å²) in [5.41, 5.74) is 2.28. The molecule has 1 atom stereocenters. The van der Waals surface area contributed by atoms with Gasteiger partial charge < -0.3 is 25.2 Å². The number of aromatic hydroxyl groups is 2. The van der Waals surface area contributed by atoms with Gasteiger partial charge in [0.15, 0.2) is 11.5 Å². The van der Waals surface area contributed by atoms with Crippen molar-refractivity contribution in [3.8, 4) is 11.5 Å². The van der Waals surface area contributed by atoms with Crippen LogP contribution in [0.3, 0.4) is 0 Å². The number of likely N-dealkylation sites (tertiary alicyclic amines) is 1. The minimum absolute atomic E-state index is 0.0748. The number of rotatable bonds is 4. The lowest BCUT2D eigenvalue weighted by Gasteiger charge is -2.33. The summed E-state index contributed by atoms with van der Waals surface area (Å²) in [6, 6.07) is 12.2. The van der Waals surface area contributed by atoms with Crippen molar-refractivity contribution in [1.29, 1.82) is 0 Å². The molecule has 27 heavy (non-hydrogen) atoms. The molecule has 0 saturated carbocycles. The first kappa shape index (κ1) is 17.6. The van der Waals surface area contributed by atoms with Gasteiger partial charge in [0.05, 0.1) is 17.1 Å². The highest BCUT2D eigenvalue weighted by molar-refractivity contribution is 5.75. The third kappa shape index (κ3) is 3.43. The number of nitrogens with one attached hydrogen (secondary N) is 1. The van der Waals surface area contributed by atoms with Gasteiger partial charge in [0.1, 0.15) is 0 Å². The maximum atomic E-state index is 12.4. The maximum absolute atomic E-state index is 12.4. The molecule has 0 bridgehead atoms. The second-order valence-corrected chi connectivity index (χ2v) is 7.11. The molecule has 1 unspecified atom stereocenters. The average molecular weight is 369 g/mol. The Morgan fingerprint density at radius 3 is 2.56 bits per heavy atom. The molecule has 0 radical (unpaired) electrons. The first-order valence-electron chi connectivity index (χ1n) is 9.14. The van der Waals surface area contributed by atoms with Gasteiger partial charge in [-0.05, 0) is 42.7 Å². The molecular formula is C20H23N3O4. The van der Waals surface area contributed by atoms with Crippen LogP contribution in [0.2, 0.25) is 0 Å². The van der Waals surface area contributed by atoms with E-state index in [-0.39, 0.29) is 23.2 Å². The lowest BCUT2D eigenvalue weighted by molar-refractivity contribution is 0.0905. The van der Waals surface area contributed by atoms with E-state index in [1.807, 2.05) is 28.8 Å². The number of piperidine rings is 1. The summed E-state index contributed by atoms with van der Waals surface area (Å²) in [7, 11) is 0. The minimum Gasteiger partial charge on any atom is -0.504 e. The number of aromatic nitrogens is 2. The molecule has 2 aromatic carbocycles. The zero-order chi connectivity index (χ0) is 19.0. The van der Waals surface area contributed by atoms with Gasteiger partial charge in [0.25, 0.3) is 0 Å². The number of phenolic OH excluding ortho intramolecular Hbond substituents is 2. The molecule has 7 heteroatoms. The summed E-state index contributed by atoms with van der Waals surface area (Å²) in [6.07, 6.45) is 0.911. The van der Waals surface area contributed by atoms with Crippen molar-refractivity contribution in [3.05, 3.63) is 58.5 Å². The second kappa shape index (κ2) is 7.09. The van der Waals surface area contributed by atoms with Crippen LogP contribution in [0.4, 0.5) is 0 Å². The van der Waals surface area contributed by atoms with Crippen LogP contribution in [0.15, 0.2) is 47.3 Å². The van der Waals surface area contributed by atoms with Gasteiger partial charge in [0.2, 0.25) is 0 Å². The highest BCUT2D eigenvalue weighted by Gasteiger charge is 2.25. The molecule has 1 aliphatic heterocycles. The van der Waals surface area contributed by atoms with Gasteiger partial charge in [-0.25, -0.2) is 4.79 Å². The number of aromatic amines is 1. The number of nitrogens with zero attached hydrogens (tertiary/aromatic N) is 2. The van der Waals surface area contributed by atoms with E-state index in [1.165, 1.54) is 12.1 Å². The number of β-amino-alcohol motifs (C(OH)–C–C–N with tert-alkyl or cyclic N) is 1. The van der Waals surface area contributed by atoms with Gasteiger partial charge in [0, 0.05) is 25.7 Å². The zero-order valence-electron chi connectivity index (χ0n) is 14.9. The van der Waals surface area contributed by atoms with E-state index in [4.69, 9.17) is 0 Å². The Morgan fingerprint density at radius 2 is 1.81 bits per heavy atom. The van der Waals surface area contributed by atoms with Crippen LogP contribution in [0.5, 0.6) is 11.5 Å². The fourth-order valence-electron chi connectivity index (χ4n) is 3.89. The molecule has 142 valence electrons. The normalized spacial score (nSPS) is 17.4. The number of H-pyrrole nitrogens is 1. The molecule has 0 amide bonds. The fraction of sp³-hybridized carbons (Fsp3) is 0.350. The van der Waals surface area contributed by atoms with Crippen molar-refractivity contribution < 1.29 is 15.3 Å². The smallest absolute Gasteiger partial charge is 0.326 e. The van der Waals surface area contributed by atoms with Crippen molar-refractivity contribution in [2.45, 2.75) is 25.0 Å². The Morgan fingerprint density at radius 1 is 1.07 bits per heavy atom. The molecule has 1 saturated heterocycles. The summed E-state index contributed by atoms with van der Waals surface area (Å²) in [6.45, 7) is 2.00. The van der Waals surface area contributed by atoms with Crippen molar-refractivity contribution in [2.75, 3.05) is 19.6 Å². The minimum atomic E-state index is -0.746. The molecule has 0 aliphatic carbocycles. The molecule has 1 fully saturated rings. The number of fused-ring (bicyclic) bond motifs is 1. The molecule has 2 heterocycles. The fourth-order valence-corrected chi connectivity index (χ4v) is 3.89. The Bertz CT molecular complexity index is 1000. The van der Waals surface area contributed by atoms with Crippen molar-refractivity contribution in [2.24, 2.45) is 0 Å². The van der Waals surface area contributed by atoms with E-state index in [1.54, 1.807) is 6.07 Å². The van der Waals surface area contributed by atoms with Crippen molar-refractivity contribution >= 4 is 11.0 Å². The van der Waals surface area contributed by atoms with E-state index in [2.05, 4.69) is 9.88 Å². The van der Waals surface area contributed by atoms with Crippen LogP contribution >= 0.6 is 0 Å². The number of hydrogen-bond acceptors (Lipinski definition) is 5. The van der Waals surface area contributed by atoms with Crippen molar-refractivity contribution in [3.63, 3.8) is 0 Å². The lowest BCUT2D eigenvalue weighted by atomic mass is 10.0. The largest absolute Gasteiger partial charge is 0.504 e. The molecule has 0 spiro atoms. The van der Waals surface area contributed by atoms with Crippen molar-refractivity contribution in [1.82, 2.24) is 14.5 Å². The summed E-state index contributed by atoms with van der Waals surface area (Å²) >= 11 is 0. The monoisotopic (exact) mass is 369 g/mol. The summed E-state index contributed by atoms with van der Waals surface area (Å²) in [5.74, 6) is -0.431. The van der Waals surface area contributed by atoms with Gasteiger partial charge in [-0.15, -0.1) is 0 Å². The van der Waals surface area contributed by atoms with E-state index >= 15 is 0 Å². The molecule has 4 N–H and O–H groups in total. The quantitative estimate of drug-likeness (QED) is 0.528. The summed E-state index contributed by atoms with van der Waals surface area (Å²) in [4.78, 5) is 17.4.